The monoisotopic (exact) mass is 312 g/mol. The van der Waals surface area contributed by atoms with E-state index in [1.807, 2.05) is 55.9 Å². The molecule has 120 valence electrons. The molecular weight excluding hydrogens is 292 g/mol. The van der Waals surface area contributed by atoms with Crippen molar-refractivity contribution >= 4 is 16.9 Å². The fraction of sp³-hybridized carbons (Fsp3) is 0.375. The highest BCUT2D eigenvalue weighted by Gasteiger charge is 2.16. The van der Waals surface area contributed by atoms with Crippen molar-refractivity contribution in [1.82, 2.24) is 30.1 Å². The van der Waals surface area contributed by atoms with E-state index in [1.165, 1.54) is 0 Å². The molecular formula is C16H20N6O. The van der Waals surface area contributed by atoms with Crippen LogP contribution in [0.1, 0.15) is 31.1 Å². The van der Waals surface area contributed by atoms with E-state index in [0.717, 1.165) is 28.8 Å². The van der Waals surface area contributed by atoms with Crippen LogP contribution in [0.3, 0.4) is 0 Å². The summed E-state index contributed by atoms with van der Waals surface area (Å²) in [6.07, 6.45) is 1.81. The van der Waals surface area contributed by atoms with Crippen LogP contribution in [0.2, 0.25) is 0 Å². The lowest BCUT2D eigenvalue weighted by Crippen LogP contribution is -2.30. The first-order chi connectivity index (χ1) is 11.1. The zero-order valence-electron chi connectivity index (χ0n) is 13.5. The normalized spacial score (nSPS) is 12.5. The van der Waals surface area contributed by atoms with Crippen LogP contribution in [-0.4, -0.2) is 30.7 Å². The molecule has 1 unspecified atom stereocenters. The molecule has 2 aromatic heterocycles. The Morgan fingerprint density at radius 3 is 2.83 bits per heavy atom. The van der Waals surface area contributed by atoms with Gasteiger partial charge in [0.05, 0.1) is 17.8 Å². The number of aryl methyl sites for hydroxylation is 1. The zero-order valence-corrected chi connectivity index (χ0v) is 13.5. The number of aromatic nitrogens is 5. The highest BCUT2D eigenvalue weighted by Crippen LogP contribution is 2.17. The largest absolute Gasteiger partial charge is 0.348 e. The number of hydrogen-bond acceptors (Lipinski definition) is 4. The second-order valence-corrected chi connectivity index (χ2v) is 5.53. The molecule has 0 aliphatic carbocycles. The summed E-state index contributed by atoms with van der Waals surface area (Å²) in [6, 6.07) is 7.49. The molecule has 0 aliphatic heterocycles. The number of amides is 1. The molecule has 1 amide bonds. The molecule has 0 spiro atoms. The molecule has 1 atom stereocenters. The molecule has 1 N–H and O–H groups in total. The molecule has 0 saturated heterocycles. The number of benzene rings is 1. The number of hydrogen-bond donors (Lipinski definition) is 1. The van der Waals surface area contributed by atoms with Gasteiger partial charge in [-0.15, -0.1) is 5.10 Å². The van der Waals surface area contributed by atoms with Gasteiger partial charge in [-0.1, -0.05) is 17.3 Å². The Morgan fingerprint density at radius 1 is 1.30 bits per heavy atom. The molecule has 2 heterocycles. The lowest BCUT2D eigenvalue weighted by molar-refractivity contribution is -0.122. The number of carbonyl (C=O) groups excluding carboxylic acids is 1. The van der Waals surface area contributed by atoms with Crippen molar-refractivity contribution < 1.29 is 4.79 Å². The fourth-order valence-electron chi connectivity index (χ4n) is 2.74. The molecule has 0 bridgehead atoms. The van der Waals surface area contributed by atoms with Crippen molar-refractivity contribution in [3.63, 3.8) is 0 Å². The first kappa shape index (κ1) is 15.2. The van der Waals surface area contributed by atoms with Crippen molar-refractivity contribution in [2.45, 2.75) is 39.9 Å². The highest BCUT2D eigenvalue weighted by molar-refractivity contribution is 5.80. The van der Waals surface area contributed by atoms with Crippen molar-refractivity contribution in [3.8, 4) is 0 Å². The Balaban J connectivity index is 1.70. The van der Waals surface area contributed by atoms with Gasteiger partial charge < -0.3 is 5.32 Å². The van der Waals surface area contributed by atoms with Crippen molar-refractivity contribution in [1.29, 1.82) is 0 Å². The molecule has 3 rings (SSSR count). The van der Waals surface area contributed by atoms with Gasteiger partial charge in [-0.2, -0.15) is 5.10 Å². The summed E-state index contributed by atoms with van der Waals surface area (Å²) in [5.74, 6) is -0.100. The second kappa shape index (κ2) is 6.20. The summed E-state index contributed by atoms with van der Waals surface area (Å²) in [5.41, 5.74) is 3.74. The van der Waals surface area contributed by atoms with Crippen molar-refractivity contribution in [2.75, 3.05) is 0 Å². The molecule has 3 aromatic rings. The van der Waals surface area contributed by atoms with Gasteiger partial charge in [-0.05, 0) is 32.9 Å². The smallest absolute Gasteiger partial charge is 0.242 e. The molecule has 0 radical (unpaired) electrons. The Labute approximate surface area is 134 Å². The number of fused-ring (bicyclic) bond motifs is 1. The van der Waals surface area contributed by atoms with Crippen LogP contribution in [0.15, 0.2) is 30.5 Å². The average molecular weight is 312 g/mol. The minimum Gasteiger partial charge on any atom is -0.348 e. The third-order valence-corrected chi connectivity index (χ3v) is 4.00. The van der Waals surface area contributed by atoms with E-state index in [-0.39, 0.29) is 18.5 Å². The van der Waals surface area contributed by atoms with Gasteiger partial charge in [0.2, 0.25) is 5.91 Å². The zero-order chi connectivity index (χ0) is 16.4. The van der Waals surface area contributed by atoms with Crippen LogP contribution in [0.25, 0.3) is 11.0 Å². The van der Waals surface area contributed by atoms with Crippen LogP contribution in [-0.2, 0) is 17.9 Å². The van der Waals surface area contributed by atoms with E-state index in [9.17, 15) is 4.79 Å². The Bertz CT molecular complexity index is 834. The van der Waals surface area contributed by atoms with Crippen molar-refractivity contribution in [3.05, 3.63) is 41.7 Å². The third kappa shape index (κ3) is 2.94. The van der Waals surface area contributed by atoms with E-state index in [2.05, 4.69) is 20.7 Å². The van der Waals surface area contributed by atoms with Crippen LogP contribution in [0.5, 0.6) is 0 Å². The quantitative estimate of drug-likeness (QED) is 0.779. The van der Waals surface area contributed by atoms with E-state index < -0.39 is 0 Å². The number of para-hydroxylation sites is 1. The van der Waals surface area contributed by atoms with E-state index in [1.54, 1.807) is 4.68 Å². The van der Waals surface area contributed by atoms with Crippen LogP contribution in [0.4, 0.5) is 0 Å². The molecule has 7 nitrogen and oxygen atoms in total. The van der Waals surface area contributed by atoms with Gasteiger partial charge in [0.15, 0.2) is 0 Å². The predicted molar refractivity (Wildman–Crippen MR) is 86.7 cm³/mol. The maximum Gasteiger partial charge on any atom is 0.242 e. The maximum absolute atomic E-state index is 12.3. The van der Waals surface area contributed by atoms with Crippen LogP contribution >= 0.6 is 0 Å². The standard InChI is InChI=1S/C16H20N6O/c1-4-21-12(3)13(9-17-21)11(2)18-16(23)10-22-15-8-6-5-7-14(15)19-20-22/h5-9,11H,4,10H2,1-3H3,(H,18,23). The molecule has 0 saturated carbocycles. The van der Waals surface area contributed by atoms with E-state index in [0.29, 0.717) is 0 Å². The summed E-state index contributed by atoms with van der Waals surface area (Å²) < 4.78 is 3.53. The van der Waals surface area contributed by atoms with Gasteiger partial charge in [0, 0.05) is 17.8 Å². The van der Waals surface area contributed by atoms with E-state index >= 15 is 0 Å². The molecule has 1 aromatic carbocycles. The molecule has 0 fully saturated rings. The summed E-state index contributed by atoms with van der Waals surface area (Å²) >= 11 is 0. The van der Waals surface area contributed by atoms with Gasteiger partial charge >= 0.3 is 0 Å². The minimum absolute atomic E-state index is 0.0995. The minimum atomic E-state index is -0.100. The maximum atomic E-state index is 12.3. The predicted octanol–water partition coefficient (Wildman–Crippen LogP) is 1.83. The molecule has 0 aliphatic rings. The summed E-state index contributed by atoms with van der Waals surface area (Å²) in [4.78, 5) is 12.3. The number of nitrogens with one attached hydrogen (secondary N) is 1. The Hall–Kier alpha value is -2.70. The Kier molecular flexibility index (Phi) is 4.10. The fourth-order valence-corrected chi connectivity index (χ4v) is 2.74. The average Bonchev–Trinajstić information content (AvgIpc) is 3.11. The van der Waals surface area contributed by atoms with Crippen LogP contribution in [0, 0.1) is 6.92 Å². The van der Waals surface area contributed by atoms with Crippen LogP contribution < -0.4 is 5.32 Å². The summed E-state index contributed by atoms with van der Waals surface area (Å²) in [6.45, 7) is 6.98. The number of rotatable bonds is 5. The van der Waals surface area contributed by atoms with Gasteiger partial charge in [-0.3, -0.25) is 9.48 Å². The lowest BCUT2D eigenvalue weighted by Gasteiger charge is -2.14. The summed E-state index contributed by atoms with van der Waals surface area (Å²) in [5, 5.41) is 15.4. The first-order valence-electron chi connectivity index (χ1n) is 7.70. The topological polar surface area (TPSA) is 77.6 Å². The number of carbonyl (C=O) groups is 1. The Morgan fingerprint density at radius 2 is 2.09 bits per heavy atom. The first-order valence-corrected chi connectivity index (χ1v) is 7.70. The lowest BCUT2D eigenvalue weighted by atomic mass is 10.1. The second-order valence-electron chi connectivity index (χ2n) is 5.53. The van der Waals surface area contributed by atoms with Crippen molar-refractivity contribution in [2.24, 2.45) is 0 Å². The van der Waals surface area contributed by atoms with Gasteiger partial charge in [-0.25, -0.2) is 4.68 Å². The molecule has 7 heteroatoms. The van der Waals surface area contributed by atoms with Gasteiger partial charge in [0.25, 0.3) is 0 Å². The molecule has 23 heavy (non-hydrogen) atoms. The van der Waals surface area contributed by atoms with E-state index in [4.69, 9.17) is 0 Å². The third-order valence-electron chi connectivity index (χ3n) is 4.00. The number of nitrogens with zero attached hydrogens (tertiary/aromatic N) is 5. The highest BCUT2D eigenvalue weighted by atomic mass is 16.2. The van der Waals surface area contributed by atoms with Gasteiger partial charge in [0.1, 0.15) is 12.1 Å². The SMILES string of the molecule is CCn1ncc(C(C)NC(=O)Cn2nnc3ccccc32)c1C. The summed E-state index contributed by atoms with van der Waals surface area (Å²) in [7, 11) is 0.